The summed E-state index contributed by atoms with van der Waals surface area (Å²) in [6.07, 6.45) is 1.04. The second kappa shape index (κ2) is 8.79. The number of ether oxygens (including phenoxy) is 1. The van der Waals surface area contributed by atoms with Crippen molar-refractivity contribution in [2.45, 2.75) is 18.9 Å². The van der Waals surface area contributed by atoms with Crippen LogP contribution in [0.1, 0.15) is 24.6 Å². The first kappa shape index (κ1) is 20.8. The topological polar surface area (TPSA) is 110 Å². The van der Waals surface area contributed by atoms with E-state index in [0.29, 0.717) is 12.2 Å². The maximum atomic E-state index is 11.6. The number of aromatic nitrogens is 5. The van der Waals surface area contributed by atoms with Crippen LogP contribution in [-0.2, 0) is 11.8 Å². The van der Waals surface area contributed by atoms with Gasteiger partial charge in [-0.25, -0.2) is 4.68 Å². The van der Waals surface area contributed by atoms with Gasteiger partial charge in [-0.05, 0) is 42.3 Å². The van der Waals surface area contributed by atoms with E-state index in [-0.39, 0.29) is 11.5 Å². The third-order valence-electron chi connectivity index (χ3n) is 6.38. The molecule has 0 radical (unpaired) electrons. The quantitative estimate of drug-likeness (QED) is 0.637. The van der Waals surface area contributed by atoms with Crippen LogP contribution >= 0.6 is 0 Å². The van der Waals surface area contributed by atoms with Crippen LogP contribution in [-0.4, -0.2) is 69.7 Å². The van der Waals surface area contributed by atoms with Gasteiger partial charge in [-0.15, -0.1) is 10.2 Å². The predicted molar refractivity (Wildman–Crippen MR) is 120 cm³/mol. The van der Waals surface area contributed by atoms with E-state index in [9.17, 15) is 9.90 Å². The molecule has 0 spiro atoms. The molecule has 168 valence electrons. The van der Waals surface area contributed by atoms with E-state index in [0.717, 1.165) is 68.1 Å². The summed E-state index contributed by atoms with van der Waals surface area (Å²) < 4.78 is 6.71. The van der Waals surface area contributed by atoms with Gasteiger partial charge in [-0.3, -0.25) is 4.79 Å². The molecule has 0 aliphatic carbocycles. The molecule has 0 saturated carbocycles. The molecule has 5 rings (SSSR count). The Bertz CT molecular complexity index is 1160. The highest BCUT2D eigenvalue weighted by Gasteiger charge is 2.30. The van der Waals surface area contributed by atoms with Gasteiger partial charge in [0.15, 0.2) is 5.82 Å². The Morgan fingerprint density at radius 3 is 2.75 bits per heavy atom. The molecule has 10 heteroatoms. The van der Waals surface area contributed by atoms with Crippen LogP contribution in [0.25, 0.3) is 10.9 Å². The highest BCUT2D eigenvalue weighted by atomic mass is 16.5. The van der Waals surface area contributed by atoms with Gasteiger partial charge in [-0.1, -0.05) is 0 Å². The predicted octanol–water partition coefficient (Wildman–Crippen LogP) is 0.905. The molecule has 32 heavy (non-hydrogen) atoms. The Labute approximate surface area is 185 Å². The standard InChI is InChI=1S/C22H27N7O3/c1-27-20(30)7-6-18(25-27)21(31)15-3-2-8-29(14-15)22-17-5-4-16(13-19(17)23-26-24-22)28-9-11-32-12-10-28/h4-7,13,15,21,31H,2-3,8-12,14H2,1H3. The summed E-state index contributed by atoms with van der Waals surface area (Å²) in [7, 11) is 1.59. The number of piperidine rings is 1. The van der Waals surface area contributed by atoms with Crippen molar-refractivity contribution in [2.24, 2.45) is 13.0 Å². The number of nitrogens with zero attached hydrogens (tertiary/aromatic N) is 7. The first-order valence-corrected chi connectivity index (χ1v) is 11.0. The lowest BCUT2D eigenvalue weighted by atomic mass is 9.90. The lowest BCUT2D eigenvalue weighted by Crippen LogP contribution is -2.39. The summed E-state index contributed by atoms with van der Waals surface area (Å²) in [6, 6.07) is 9.28. The zero-order valence-corrected chi connectivity index (χ0v) is 18.1. The van der Waals surface area contributed by atoms with E-state index in [2.05, 4.69) is 48.5 Å². The van der Waals surface area contributed by atoms with E-state index < -0.39 is 6.10 Å². The van der Waals surface area contributed by atoms with Crippen molar-refractivity contribution in [2.75, 3.05) is 49.2 Å². The highest BCUT2D eigenvalue weighted by molar-refractivity contribution is 5.91. The fourth-order valence-corrected chi connectivity index (χ4v) is 4.59. The van der Waals surface area contributed by atoms with Crippen LogP contribution < -0.4 is 15.4 Å². The van der Waals surface area contributed by atoms with Crippen molar-refractivity contribution in [3.8, 4) is 0 Å². The largest absolute Gasteiger partial charge is 0.386 e. The number of aliphatic hydroxyl groups is 1. The van der Waals surface area contributed by atoms with Gasteiger partial charge in [0.1, 0.15) is 11.6 Å². The summed E-state index contributed by atoms with van der Waals surface area (Å²) in [5, 5.41) is 28.8. The molecule has 0 bridgehead atoms. The molecular weight excluding hydrogens is 410 g/mol. The zero-order chi connectivity index (χ0) is 22.1. The van der Waals surface area contributed by atoms with E-state index in [4.69, 9.17) is 4.74 Å². The molecule has 10 nitrogen and oxygen atoms in total. The number of rotatable bonds is 4. The SMILES string of the molecule is Cn1nc(C(O)C2CCCN(c3nnnc4cc(N5CCOCC5)ccc34)C2)ccc1=O. The molecule has 1 N–H and O–H groups in total. The third kappa shape index (κ3) is 4.03. The van der Waals surface area contributed by atoms with E-state index >= 15 is 0 Å². The van der Waals surface area contributed by atoms with Crippen LogP contribution in [0.15, 0.2) is 35.1 Å². The Hall–Kier alpha value is -3.11. The average molecular weight is 438 g/mol. The van der Waals surface area contributed by atoms with Crippen LogP contribution in [0, 0.1) is 5.92 Å². The van der Waals surface area contributed by atoms with Gasteiger partial charge < -0.3 is 19.6 Å². The number of hydrogen-bond donors (Lipinski definition) is 1. The number of benzene rings is 1. The number of anilines is 2. The molecule has 2 aliphatic heterocycles. The molecule has 2 aliphatic rings. The second-order valence-electron chi connectivity index (χ2n) is 8.43. The maximum Gasteiger partial charge on any atom is 0.266 e. The summed E-state index contributed by atoms with van der Waals surface area (Å²) in [5.74, 6) is 0.764. The molecule has 0 amide bonds. The lowest BCUT2D eigenvalue weighted by molar-refractivity contribution is 0.0923. The summed E-state index contributed by atoms with van der Waals surface area (Å²) >= 11 is 0. The van der Waals surface area contributed by atoms with Crippen LogP contribution in [0.2, 0.25) is 0 Å². The van der Waals surface area contributed by atoms with Gasteiger partial charge in [0.25, 0.3) is 5.56 Å². The Balaban J connectivity index is 1.39. The lowest BCUT2D eigenvalue weighted by Gasteiger charge is -2.35. The van der Waals surface area contributed by atoms with E-state index in [1.54, 1.807) is 13.1 Å². The monoisotopic (exact) mass is 437 g/mol. The minimum absolute atomic E-state index is 0.0219. The first-order valence-electron chi connectivity index (χ1n) is 11.0. The molecule has 3 aromatic rings. The summed E-state index contributed by atoms with van der Waals surface area (Å²) in [4.78, 5) is 16.1. The Morgan fingerprint density at radius 1 is 1.09 bits per heavy atom. The van der Waals surface area contributed by atoms with Crippen LogP contribution in [0.5, 0.6) is 0 Å². The molecule has 2 fully saturated rings. The minimum atomic E-state index is -0.751. The van der Waals surface area contributed by atoms with Gasteiger partial charge in [0, 0.05) is 56.3 Å². The Morgan fingerprint density at radius 2 is 1.94 bits per heavy atom. The highest BCUT2D eigenvalue weighted by Crippen LogP contribution is 2.33. The molecule has 2 atom stereocenters. The van der Waals surface area contributed by atoms with Crippen LogP contribution in [0.3, 0.4) is 0 Å². The molecule has 2 unspecified atom stereocenters. The molecule has 4 heterocycles. The van der Waals surface area contributed by atoms with Gasteiger partial charge in [-0.2, -0.15) is 5.10 Å². The second-order valence-corrected chi connectivity index (χ2v) is 8.43. The average Bonchev–Trinajstić information content (AvgIpc) is 2.85. The van der Waals surface area contributed by atoms with Gasteiger partial charge in [0.2, 0.25) is 0 Å². The maximum absolute atomic E-state index is 11.6. The van der Waals surface area contributed by atoms with Gasteiger partial charge >= 0.3 is 0 Å². The first-order chi connectivity index (χ1) is 15.6. The minimum Gasteiger partial charge on any atom is -0.386 e. The van der Waals surface area contributed by atoms with Crippen molar-refractivity contribution in [1.29, 1.82) is 0 Å². The number of aryl methyl sites for hydroxylation is 1. The zero-order valence-electron chi connectivity index (χ0n) is 18.1. The van der Waals surface area contributed by atoms with Crippen LogP contribution in [0.4, 0.5) is 11.5 Å². The summed E-state index contributed by atoms with van der Waals surface area (Å²) in [6.45, 7) is 4.65. The number of aliphatic hydroxyl groups excluding tert-OH is 1. The molecule has 1 aromatic carbocycles. The fourth-order valence-electron chi connectivity index (χ4n) is 4.59. The van der Waals surface area contributed by atoms with Crippen molar-refractivity contribution < 1.29 is 9.84 Å². The number of morpholine rings is 1. The fraction of sp³-hybridized carbons (Fsp3) is 0.500. The van der Waals surface area contributed by atoms with Crippen molar-refractivity contribution in [1.82, 2.24) is 25.2 Å². The molecule has 2 aromatic heterocycles. The normalized spacial score (nSPS) is 20.5. The third-order valence-corrected chi connectivity index (χ3v) is 6.38. The molecular formula is C22H27N7O3. The van der Waals surface area contributed by atoms with Crippen molar-refractivity contribution in [3.63, 3.8) is 0 Å². The number of hydrogen-bond acceptors (Lipinski definition) is 9. The van der Waals surface area contributed by atoms with Crippen molar-refractivity contribution >= 4 is 22.4 Å². The van der Waals surface area contributed by atoms with E-state index in [1.807, 2.05) is 0 Å². The van der Waals surface area contributed by atoms with E-state index in [1.165, 1.54) is 10.7 Å². The Kier molecular flexibility index (Phi) is 5.71. The number of fused-ring (bicyclic) bond motifs is 1. The molecule has 2 saturated heterocycles. The smallest absolute Gasteiger partial charge is 0.266 e. The summed E-state index contributed by atoms with van der Waals surface area (Å²) in [5.41, 5.74) is 2.24. The van der Waals surface area contributed by atoms with Gasteiger partial charge in [0.05, 0.1) is 18.9 Å². The van der Waals surface area contributed by atoms with Crippen molar-refractivity contribution in [3.05, 3.63) is 46.4 Å².